The maximum atomic E-state index is 12.9. The number of anilines is 1. The van der Waals surface area contributed by atoms with E-state index in [1.165, 1.54) is 30.7 Å². The molecular formula is C21H24N2O6S. The second-order valence-corrected chi connectivity index (χ2v) is 8.85. The quantitative estimate of drug-likeness (QED) is 0.704. The van der Waals surface area contributed by atoms with E-state index in [-0.39, 0.29) is 22.9 Å². The third-order valence-corrected chi connectivity index (χ3v) is 6.89. The summed E-state index contributed by atoms with van der Waals surface area (Å²) in [7, 11) is -0.940. The third kappa shape index (κ3) is 4.63. The Labute approximate surface area is 175 Å². The Balaban J connectivity index is 1.77. The average Bonchev–Trinajstić information content (AvgIpc) is 2.79. The van der Waals surface area contributed by atoms with Gasteiger partial charge in [-0.3, -0.25) is 4.79 Å². The largest absolute Gasteiger partial charge is 0.495 e. The molecule has 1 N–H and O–H groups in total. The Morgan fingerprint density at radius 2 is 1.83 bits per heavy atom. The van der Waals surface area contributed by atoms with Gasteiger partial charge in [0.15, 0.2) is 0 Å². The number of rotatable bonds is 6. The smallest absolute Gasteiger partial charge is 0.337 e. The van der Waals surface area contributed by atoms with Crippen LogP contribution in [0.4, 0.5) is 5.69 Å². The number of nitrogens with zero attached hydrogens (tertiary/aromatic N) is 1. The summed E-state index contributed by atoms with van der Waals surface area (Å²) in [4.78, 5) is 24.9. The Kier molecular flexibility index (Phi) is 6.73. The highest BCUT2D eigenvalue weighted by molar-refractivity contribution is 7.89. The van der Waals surface area contributed by atoms with Crippen LogP contribution in [0.2, 0.25) is 0 Å². The van der Waals surface area contributed by atoms with Gasteiger partial charge in [-0.2, -0.15) is 4.31 Å². The highest BCUT2D eigenvalue weighted by Gasteiger charge is 2.33. The summed E-state index contributed by atoms with van der Waals surface area (Å²) in [5, 5.41) is 2.77. The number of benzene rings is 2. The molecule has 1 heterocycles. The molecule has 8 nitrogen and oxygen atoms in total. The minimum atomic E-state index is -3.67. The van der Waals surface area contributed by atoms with Crippen molar-refractivity contribution in [1.82, 2.24) is 4.31 Å². The van der Waals surface area contributed by atoms with Crippen molar-refractivity contribution < 1.29 is 27.5 Å². The molecule has 0 radical (unpaired) electrons. The van der Waals surface area contributed by atoms with E-state index in [9.17, 15) is 18.0 Å². The Morgan fingerprint density at radius 3 is 2.50 bits per heavy atom. The molecular weight excluding hydrogens is 408 g/mol. The van der Waals surface area contributed by atoms with E-state index in [2.05, 4.69) is 5.32 Å². The Morgan fingerprint density at radius 1 is 1.10 bits per heavy atom. The lowest BCUT2D eigenvalue weighted by molar-refractivity contribution is -0.120. The molecule has 1 saturated heterocycles. The van der Waals surface area contributed by atoms with E-state index in [4.69, 9.17) is 9.47 Å². The summed E-state index contributed by atoms with van der Waals surface area (Å²) < 4.78 is 37.1. The zero-order valence-electron chi connectivity index (χ0n) is 16.8. The van der Waals surface area contributed by atoms with Crippen LogP contribution in [0.3, 0.4) is 0 Å². The van der Waals surface area contributed by atoms with E-state index < -0.39 is 21.9 Å². The summed E-state index contributed by atoms with van der Waals surface area (Å²) in [6.07, 6.45) is 1.13. The van der Waals surface area contributed by atoms with E-state index in [1.807, 2.05) is 0 Å². The number of carbonyl (C=O) groups excluding carboxylic acids is 2. The fraction of sp³-hybridized carbons (Fsp3) is 0.333. The van der Waals surface area contributed by atoms with Crippen molar-refractivity contribution in [3.8, 4) is 5.75 Å². The number of esters is 1. The van der Waals surface area contributed by atoms with Crippen LogP contribution in [-0.2, 0) is 19.6 Å². The molecule has 1 fully saturated rings. The van der Waals surface area contributed by atoms with Gasteiger partial charge in [-0.25, -0.2) is 13.2 Å². The van der Waals surface area contributed by atoms with Crippen LogP contribution in [0.25, 0.3) is 0 Å². The van der Waals surface area contributed by atoms with Crippen LogP contribution in [-0.4, -0.2) is 51.9 Å². The molecule has 0 aliphatic carbocycles. The normalized spacial score (nSPS) is 17.2. The molecule has 1 amide bonds. The molecule has 1 unspecified atom stereocenters. The lowest BCUT2D eigenvalue weighted by Gasteiger charge is -2.31. The van der Waals surface area contributed by atoms with Gasteiger partial charge in [-0.1, -0.05) is 18.2 Å². The number of amides is 1. The van der Waals surface area contributed by atoms with Crippen molar-refractivity contribution in [2.75, 3.05) is 32.6 Å². The van der Waals surface area contributed by atoms with E-state index >= 15 is 0 Å². The van der Waals surface area contributed by atoms with Crippen molar-refractivity contribution in [3.63, 3.8) is 0 Å². The van der Waals surface area contributed by atoms with Gasteiger partial charge in [-0.05, 0) is 43.2 Å². The first-order valence-corrected chi connectivity index (χ1v) is 10.9. The third-order valence-electron chi connectivity index (χ3n) is 5.01. The molecule has 0 saturated carbocycles. The standard InChI is InChI=1S/C21H24N2O6S/c1-28-19-11-10-15(21(25)29-2)13-18(19)22-20(24)16-7-6-12-23(14-16)30(26,27)17-8-4-3-5-9-17/h3-5,8-11,13,16H,6-7,12,14H2,1-2H3,(H,22,24). The van der Waals surface area contributed by atoms with Crippen molar-refractivity contribution in [2.45, 2.75) is 17.7 Å². The van der Waals surface area contributed by atoms with Crippen LogP contribution in [0.5, 0.6) is 5.75 Å². The monoisotopic (exact) mass is 432 g/mol. The van der Waals surface area contributed by atoms with Gasteiger partial charge in [0.2, 0.25) is 15.9 Å². The molecule has 2 aromatic carbocycles. The minimum absolute atomic E-state index is 0.0854. The molecule has 160 valence electrons. The van der Waals surface area contributed by atoms with Crippen LogP contribution < -0.4 is 10.1 Å². The van der Waals surface area contributed by atoms with Crippen molar-refractivity contribution in [3.05, 3.63) is 54.1 Å². The number of methoxy groups -OCH3 is 2. The minimum Gasteiger partial charge on any atom is -0.495 e. The predicted molar refractivity (Wildman–Crippen MR) is 111 cm³/mol. The lowest BCUT2D eigenvalue weighted by atomic mass is 9.98. The highest BCUT2D eigenvalue weighted by Crippen LogP contribution is 2.29. The van der Waals surface area contributed by atoms with E-state index in [1.54, 1.807) is 36.4 Å². The second kappa shape index (κ2) is 9.27. The first-order valence-electron chi connectivity index (χ1n) is 9.49. The second-order valence-electron chi connectivity index (χ2n) is 6.91. The van der Waals surface area contributed by atoms with Gasteiger partial charge in [0, 0.05) is 13.1 Å². The van der Waals surface area contributed by atoms with Gasteiger partial charge in [0.05, 0.1) is 36.3 Å². The number of hydrogen-bond acceptors (Lipinski definition) is 6. The molecule has 30 heavy (non-hydrogen) atoms. The van der Waals surface area contributed by atoms with Gasteiger partial charge in [0.1, 0.15) is 5.75 Å². The summed E-state index contributed by atoms with van der Waals surface area (Å²) >= 11 is 0. The molecule has 1 aliphatic heterocycles. The van der Waals surface area contributed by atoms with Crippen LogP contribution in [0, 0.1) is 5.92 Å². The number of piperidine rings is 1. The zero-order chi connectivity index (χ0) is 21.7. The van der Waals surface area contributed by atoms with Crippen molar-refractivity contribution in [2.24, 2.45) is 5.92 Å². The van der Waals surface area contributed by atoms with E-state index in [0.29, 0.717) is 30.8 Å². The molecule has 0 aromatic heterocycles. The maximum absolute atomic E-state index is 12.9. The molecule has 0 bridgehead atoms. The number of ether oxygens (including phenoxy) is 2. The first-order chi connectivity index (χ1) is 14.4. The summed E-state index contributed by atoms with van der Waals surface area (Å²) in [6, 6.07) is 12.8. The van der Waals surface area contributed by atoms with Gasteiger partial charge in [0.25, 0.3) is 0 Å². The number of nitrogens with one attached hydrogen (secondary N) is 1. The molecule has 1 atom stereocenters. The summed E-state index contributed by atoms with van der Waals surface area (Å²) in [5.74, 6) is -1.00. The van der Waals surface area contributed by atoms with Gasteiger partial charge < -0.3 is 14.8 Å². The fourth-order valence-electron chi connectivity index (χ4n) is 3.40. The van der Waals surface area contributed by atoms with Crippen LogP contribution in [0.15, 0.2) is 53.4 Å². The van der Waals surface area contributed by atoms with Gasteiger partial charge >= 0.3 is 5.97 Å². The predicted octanol–water partition coefficient (Wildman–Crippen LogP) is 2.52. The van der Waals surface area contributed by atoms with Crippen molar-refractivity contribution in [1.29, 1.82) is 0 Å². The first kappa shape index (κ1) is 21.8. The summed E-state index contributed by atoms with van der Waals surface area (Å²) in [6.45, 7) is 0.449. The summed E-state index contributed by atoms with van der Waals surface area (Å²) in [5.41, 5.74) is 0.596. The number of carbonyl (C=O) groups is 2. The molecule has 0 spiro atoms. The SMILES string of the molecule is COC(=O)c1ccc(OC)c(NC(=O)C2CCCN(S(=O)(=O)c3ccccc3)C2)c1. The van der Waals surface area contributed by atoms with Crippen molar-refractivity contribution >= 4 is 27.6 Å². The number of sulfonamides is 1. The topological polar surface area (TPSA) is 102 Å². The van der Waals surface area contributed by atoms with Crippen LogP contribution in [0.1, 0.15) is 23.2 Å². The molecule has 9 heteroatoms. The maximum Gasteiger partial charge on any atom is 0.337 e. The Hall–Kier alpha value is -2.91. The molecule has 1 aliphatic rings. The van der Waals surface area contributed by atoms with Gasteiger partial charge in [-0.15, -0.1) is 0 Å². The molecule has 3 rings (SSSR count). The molecule has 2 aromatic rings. The zero-order valence-corrected chi connectivity index (χ0v) is 17.6. The van der Waals surface area contributed by atoms with Crippen LogP contribution >= 0.6 is 0 Å². The lowest BCUT2D eigenvalue weighted by Crippen LogP contribution is -2.43. The van der Waals surface area contributed by atoms with E-state index in [0.717, 1.165) is 0 Å². The fourth-order valence-corrected chi connectivity index (χ4v) is 4.95. The number of hydrogen-bond donors (Lipinski definition) is 1. The average molecular weight is 432 g/mol. The Bertz CT molecular complexity index is 1020. The highest BCUT2D eigenvalue weighted by atomic mass is 32.2.